The third-order valence-corrected chi connectivity index (χ3v) is 4.98. The van der Waals surface area contributed by atoms with Crippen molar-refractivity contribution < 1.29 is 18.6 Å². The zero-order valence-corrected chi connectivity index (χ0v) is 10.1. The van der Waals surface area contributed by atoms with E-state index in [-0.39, 0.29) is 30.6 Å². The summed E-state index contributed by atoms with van der Waals surface area (Å²) in [4.78, 5) is 0. The highest BCUT2D eigenvalue weighted by molar-refractivity contribution is 7.89. The minimum atomic E-state index is -3.41. The normalized spacial score (nSPS) is 30.7. The molecule has 3 unspecified atom stereocenters. The maximum Gasteiger partial charge on any atom is 0.214 e. The molecule has 1 fully saturated rings. The molecular formula is C8H16ClNO4S. The molecule has 90 valence electrons. The number of hydrogen-bond donors (Lipinski definition) is 2. The minimum Gasteiger partial charge on any atom is -0.389 e. The summed E-state index contributed by atoms with van der Waals surface area (Å²) in [7, 11) is -3.41. The summed E-state index contributed by atoms with van der Waals surface area (Å²) < 4.78 is 24.6. The molecule has 0 aliphatic carbocycles. The SMILES string of the molecule is CC(CCl)CS(=O)(=O)N1CC(O)C(O)C1. The molecule has 0 aromatic rings. The lowest BCUT2D eigenvalue weighted by Crippen LogP contribution is -2.34. The number of nitrogens with zero attached hydrogens (tertiary/aromatic N) is 1. The molecule has 1 aliphatic heterocycles. The van der Waals surface area contributed by atoms with Crippen LogP contribution in [0.2, 0.25) is 0 Å². The lowest BCUT2D eigenvalue weighted by molar-refractivity contribution is 0.0572. The molecular weight excluding hydrogens is 242 g/mol. The van der Waals surface area contributed by atoms with Crippen molar-refractivity contribution in [2.75, 3.05) is 24.7 Å². The van der Waals surface area contributed by atoms with Crippen LogP contribution < -0.4 is 0 Å². The fourth-order valence-electron chi connectivity index (χ4n) is 1.47. The van der Waals surface area contributed by atoms with E-state index in [2.05, 4.69) is 0 Å². The van der Waals surface area contributed by atoms with Crippen molar-refractivity contribution in [3.63, 3.8) is 0 Å². The highest BCUT2D eigenvalue weighted by Gasteiger charge is 2.36. The fourth-order valence-corrected chi connectivity index (χ4v) is 3.52. The van der Waals surface area contributed by atoms with Crippen molar-refractivity contribution >= 4 is 21.6 Å². The van der Waals surface area contributed by atoms with Crippen molar-refractivity contribution in [1.82, 2.24) is 4.31 Å². The Hall–Kier alpha value is 0.120. The molecule has 0 spiro atoms. The van der Waals surface area contributed by atoms with Gasteiger partial charge in [0.25, 0.3) is 0 Å². The highest BCUT2D eigenvalue weighted by atomic mass is 35.5. The molecule has 0 saturated carbocycles. The second-order valence-corrected chi connectivity index (χ2v) is 6.31. The van der Waals surface area contributed by atoms with Crippen LogP contribution in [0, 0.1) is 5.92 Å². The third kappa shape index (κ3) is 3.29. The molecule has 3 atom stereocenters. The second-order valence-electron chi connectivity index (χ2n) is 3.99. The molecule has 7 heteroatoms. The van der Waals surface area contributed by atoms with Crippen molar-refractivity contribution in [1.29, 1.82) is 0 Å². The van der Waals surface area contributed by atoms with Gasteiger partial charge in [0.05, 0.1) is 18.0 Å². The molecule has 1 aliphatic rings. The van der Waals surface area contributed by atoms with Gasteiger partial charge in [-0.25, -0.2) is 8.42 Å². The first-order valence-electron chi connectivity index (χ1n) is 4.76. The third-order valence-electron chi connectivity index (χ3n) is 2.38. The first-order valence-corrected chi connectivity index (χ1v) is 6.91. The van der Waals surface area contributed by atoms with Crippen LogP contribution in [0.4, 0.5) is 0 Å². The standard InChI is InChI=1S/C8H16ClNO4S/c1-6(2-9)5-15(13,14)10-3-7(11)8(12)4-10/h6-8,11-12H,2-5H2,1H3. The van der Waals surface area contributed by atoms with Crippen molar-refractivity contribution in [2.24, 2.45) is 5.92 Å². The Balaban J connectivity index is 2.63. The van der Waals surface area contributed by atoms with E-state index < -0.39 is 22.2 Å². The molecule has 2 N–H and O–H groups in total. The maximum atomic E-state index is 11.7. The van der Waals surface area contributed by atoms with E-state index in [1.165, 1.54) is 0 Å². The molecule has 0 amide bonds. The van der Waals surface area contributed by atoms with Crippen LogP contribution in [0.3, 0.4) is 0 Å². The predicted molar refractivity (Wildman–Crippen MR) is 57.3 cm³/mol. The van der Waals surface area contributed by atoms with Gasteiger partial charge in [0.1, 0.15) is 0 Å². The van der Waals surface area contributed by atoms with Gasteiger partial charge in [0.15, 0.2) is 0 Å². The topological polar surface area (TPSA) is 77.8 Å². The van der Waals surface area contributed by atoms with Crippen LogP contribution >= 0.6 is 11.6 Å². The van der Waals surface area contributed by atoms with E-state index in [9.17, 15) is 18.6 Å². The van der Waals surface area contributed by atoms with Gasteiger partial charge >= 0.3 is 0 Å². The second kappa shape index (κ2) is 4.97. The van der Waals surface area contributed by atoms with Crippen LogP contribution in [0.5, 0.6) is 0 Å². The number of rotatable bonds is 4. The first kappa shape index (κ1) is 13.2. The van der Waals surface area contributed by atoms with Crippen LogP contribution in [0.1, 0.15) is 6.92 Å². The maximum absolute atomic E-state index is 11.7. The summed E-state index contributed by atoms with van der Waals surface area (Å²) in [6.45, 7) is 1.69. The zero-order valence-electron chi connectivity index (χ0n) is 8.50. The summed E-state index contributed by atoms with van der Waals surface area (Å²) in [5.74, 6) is 0.0975. The summed E-state index contributed by atoms with van der Waals surface area (Å²) in [5, 5.41) is 18.5. The largest absolute Gasteiger partial charge is 0.389 e. The molecule has 0 aromatic carbocycles. The average Bonchev–Trinajstić information content (AvgIpc) is 2.47. The van der Waals surface area contributed by atoms with Gasteiger partial charge in [-0.15, -0.1) is 11.6 Å². The van der Waals surface area contributed by atoms with E-state index in [4.69, 9.17) is 11.6 Å². The van der Waals surface area contributed by atoms with Crippen molar-refractivity contribution in [2.45, 2.75) is 19.1 Å². The van der Waals surface area contributed by atoms with Gasteiger partial charge in [-0.05, 0) is 5.92 Å². The summed E-state index contributed by atoms with van der Waals surface area (Å²) in [6.07, 6.45) is -1.96. The van der Waals surface area contributed by atoms with E-state index in [1.807, 2.05) is 0 Å². The molecule has 15 heavy (non-hydrogen) atoms. The number of halogens is 1. The summed E-state index contributed by atoms with van der Waals surface area (Å²) in [5.41, 5.74) is 0. The molecule has 0 aromatic heterocycles. The minimum absolute atomic E-state index is 0.0293. The van der Waals surface area contributed by atoms with E-state index in [0.717, 1.165) is 4.31 Å². The number of β-amino-alcohol motifs (C(OH)–C–C–N with tert-alkyl or cyclic N) is 2. The van der Waals surface area contributed by atoms with E-state index >= 15 is 0 Å². The van der Waals surface area contributed by atoms with Crippen molar-refractivity contribution in [3.05, 3.63) is 0 Å². The predicted octanol–water partition coefficient (Wildman–Crippen LogP) is -0.772. The Labute approximate surface area is 94.7 Å². The first-order chi connectivity index (χ1) is 6.86. The molecule has 5 nitrogen and oxygen atoms in total. The number of hydrogen-bond acceptors (Lipinski definition) is 4. The monoisotopic (exact) mass is 257 g/mol. The average molecular weight is 258 g/mol. The van der Waals surface area contributed by atoms with Gasteiger partial charge in [-0.1, -0.05) is 6.92 Å². The number of aliphatic hydroxyl groups is 2. The summed E-state index contributed by atoms with van der Waals surface area (Å²) >= 11 is 5.54. The number of aliphatic hydroxyl groups excluding tert-OH is 2. The lowest BCUT2D eigenvalue weighted by Gasteiger charge is -2.17. The van der Waals surface area contributed by atoms with E-state index in [0.29, 0.717) is 0 Å². The zero-order chi connectivity index (χ0) is 11.6. The number of alkyl halides is 1. The van der Waals surface area contributed by atoms with Crippen LogP contribution in [0.15, 0.2) is 0 Å². The molecule has 0 bridgehead atoms. The van der Waals surface area contributed by atoms with Crippen LogP contribution in [0.25, 0.3) is 0 Å². The molecule has 1 saturated heterocycles. The Morgan fingerprint density at radius 3 is 2.27 bits per heavy atom. The Morgan fingerprint density at radius 1 is 1.40 bits per heavy atom. The Bertz CT molecular complexity index is 298. The van der Waals surface area contributed by atoms with Crippen molar-refractivity contribution in [3.8, 4) is 0 Å². The van der Waals surface area contributed by atoms with Crippen LogP contribution in [-0.2, 0) is 10.0 Å². The van der Waals surface area contributed by atoms with Gasteiger partial charge in [-0.2, -0.15) is 4.31 Å². The molecule has 1 rings (SSSR count). The van der Waals surface area contributed by atoms with Gasteiger partial charge < -0.3 is 10.2 Å². The Kier molecular flexibility index (Phi) is 4.37. The highest BCUT2D eigenvalue weighted by Crippen LogP contribution is 2.17. The van der Waals surface area contributed by atoms with Gasteiger partial charge in [0.2, 0.25) is 10.0 Å². The smallest absolute Gasteiger partial charge is 0.214 e. The fraction of sp³-hybridized carbons (Fsp3) is 1.00. The summed E-state index contributed by atoms with van der Waals surface area (Å²) in [6, 6.07) is 0. The van der Waals surface area contributed by atoms with Gasteiger partial charge in [0, 0.05) is 19.0 Å². The number of sulfonamides is 1. The Morgan fingerprint density at radius 2 is 1.87 bits per heavy atom. The van der Waals surface area contributed by atoms with Crippen LogP contribution in [-0.4, -0.2) is 59.9 Å². The van der Waals surface area contributed by atoms with Gasteiger partial charge in [-0.3, -0.25) is 0 Å². The molecule has 0 radical (unpaired) electrons. The quantitative estimate of drug-likeness (QED) is 0.649. The van der Waals surface area contributed by atoms with E-state index in [1.54, 1.807) is 6.92 Å². The molecule has 1 heterocycles. The lowest BCUT2D eigenvalue weighted by atomic mass is 10.3.